The predicted molar refractivity (Wildman–Crippen MR) is 120 cm³/mol. The molecule has 1 aliphatic rings. The van der Waals surface area contributed by atoms with Crippen molar-refractivity contribution < 1.29 is 14.6 Å². The van der Waals surface area contributed by atoms with Gasteiger partial charge in [-0.1, -0.05) is 23.8 Å². The quantitative estimate of drug-likeness (QED) is 0.520. The van der Waals surface area contributed by atoms with Crippen LogP contribution >= 0.6 is 11.8 Å². The van der Waals surface area contributed by atoms with Crippen LogP contribution < -0.4 is 10.1 Å². The summed E-state index contributed by atoms with van der Waals surface area (Å²) in [5.74, 6) is 0.302. The molecule has 1 amide bonds. The molecule has 6 heteroatoms. The largest absolute Gasteiger partial charge is 0.504 e. The Labute approximate surface area is 175 Å². The van der Waals surface area contributed by atoms with E-state index < -0.39 is 0 Å². The molecule has 0 spiro atoms. The van der Waals surface area contributed by atoms with E-state index in [4.69, 9.17) is 4.74 Å². The van der Waals surface area contributed by atoms with E-state index in [0.717, 1.165) is 16.8 Å². The van der Waals surface area contributed by atoms with Gasteiger partial charge in [-0.15, -0.1) is 6.58 Å². The minimum absolute atomic E-state index is 0.106. The number of rotatable bonds is 6. The molecule has 2 aromatic carbocycles. The maximum atomic E-state index is 12.4. The molecule has 1 heterocycles. The van der Waals surface area contributed by atoms with Crippen molar-refractivity contribution in [2.24, 2.45) is 4.99 Å². The maximum Gasteiger partial charge on any atom is 0.264 e. The third-order valence-electron chi connectivity index (χ3n) is 4.36. The number of hydrogen-bond acceptors (Lipinski definition) is 5. The van der Waals surface area contributed by atoms with Gasteiger partial charge in [-0.3, -0.25) is 4.79 Å². The van der Waals surface area contributed by atoms with E-state index in [2.05, 4.69) is 23.0 Å². The van der Waals surface area contributed by atoms with Crippen molar-refractivity contribution in [3.05, 3.63) is 70.1 Å². The lowest BCUT2D eigenvalue weighted by molar-refractivity contribution is -0.115. The van der Waals surface area contributed by atoms with Gasteiger partial charge >= 0.3 is 0 Å². The Morgan fingerprint density at radius 2 is 2.07 bits per heavy atom. The summed E-state index contributed by atoms with van der Waals surface area (Å²) in [7, 11) is 0. The molecule has 0 aliphatic carbocycles. The van der Waals surface area contributed by atoms with Crippen LogP contribution in [0.4, 0.5) is 5.69 Å². The summed E-state index contributed by atoms with van der Waals surface area (Å²) >= 11 is 1.29. The van der Waals surface area contributed by atoms with E-state index >= 15 is 0 Å². The molecule has 0 aromatic heterocycles. The number of ether oxygens (including phenoxy) is 1. The van der Waals surface area contributed by atoms with Crippen LogP contribution in [0.2, 0.25) is 0 Å². The van der Waals surface area contributed by atoms with E-state index in [-0.39, 0.29) is 11.7 Å². The average molecular weight is 409 g/mol. The molecule has 2 N–H and O–H groups in total. The first kappa shape index (κ1) is 20.7. The van der Waals surface area contributed by atoms with Crippen LogP contribution in [-0.2, 0) is 11.2 Å². The van der Waals surface area contributed by atoms with E-state index in [1.165, 1.54) is 17.3 Å². The number of allylic oxidation sites excluding steroid dienone is 1. The second-order valence-corrected chi connectivity index (χ2v) is 7.75. The van der Waals surface area contributed by atoms with Gasteiger partial charge in [-0.05, 0) is 74.4 Å². The highest BCUT2D eigenvalue weighted by Gasteiger charge is 2.24. The highest BCUT2D eigenvalue weighted by atomic mass is 32.2. The van der Waals surface area contributed by atoms with Crippen LogP contribution in [0.5, 0.6) is 11.5 Å². The number of carbonyl (C=O) groups excluding carboxylic acids is 1. The summed E-state index contributed by atoms with van der Waals surface area (Å²) in [4.78, 5) is 17.5. The number of carbonyl (C=O) groups is 1. The van der Waals surface area contributed by atoms with Gasteiger partial charge in [-0.2, -0.15) is 0 Å². The minimum atomic E-state index is -0.199. The Balaban J connectivity index is 1.91. The number of hydrogen-bond donors (Lipinski definition) is 2. The minimum Gasteiger partial charge on any atom is -0.504 e. The number of amidine groups is 1. The first-order chi connectivity index (χ1) is 13.9. The second kappa shape index (κ2) is 9.01. The molecular formula is C23H24N2O3S. The molecule has 0 unspecified atom stereocenters. The van der Waals surface area contributed by atoms with Crippen LogP contribution in [0.15, 0.2) is 52.9 Å². The van der Waals surface area contributed by atoms with Crippen molar-refractivity contribution in [2.45, 2.75) is 27.2 Å². The van der Waals surface area contributed by atoms with Crippen molar-refractivity contribution in [1.29, 1.82) is 0 Å². The van der Waals surface area contributed by atoms with Gasteiger partial charge in [0, 0.05) is 5.56 Å². The number of nitrogens with one attached hydrogen (secondary N) is 1. The normalized spacial score (nSPS) is 16.3. The molecule has 3 rings (SSSR count). The summed E-state index contributed by atoms with van der Waals surface area (Å²) < 4.78 is 5.53. The van der Waals surface area contributed by atoms with E-state index in [1.54, 1.807) is 18.2 Å². The van der Waals surface area contributed by atoms with Gasteiger partial charge in [-0.25, -0.2) is 4.99 Å². The number of phenolic OH excluding ortho intramolecular Hbond substituents is 1. The Morgan fingerprint density at radius 3 is 2.76 bits per heavy atom. The number of aryl methyl sites for hydroxylation is 2. The molecule has 1 fully saturated rings. The number of benzene rings is 2. The summed E-state index contributed by atoms with van der Waals surface area (Å²) in [5, 5.41) is 13.7. The zero-order valence-electron chi connectivity index (χ0n) is 16.8. The molecule has 1 saturated heterocycles. The van der Waals surface area contributed by atoms with Crippen molar-refractivity contribution in [1.82, 2.24) is 5.32 Å². The van der Waals surface area contributed by atoms with Crippen molar-refractivity contribution in [2.75, 3.05) is 6.61 Å². The first-order valence-corrected chi connectivity index (χ1v) is 10.2. The lowest BCUT2D eigenvalue weighted by Crippen LogP contribution is -2.19. The van der Waals surface area contributed by atoms with E-state index in [1.807, 2.05) is 39.0 Å². The summed E-state index contributed by atoms with van der Waals surface area (Å²) in [6.45, 7) is 10.0. The fourth-order valence-electron chi connectivity index (χ4n) is 3.02. The number of phenols is 1. The molecule has 0 atom stereocenters. The number of aromatic hydroxyl groups is 1. The molecule has 2 aromatic rings. The van der Waals surface area contributed by atoms with Crippen LogP contribution in [-0.4, -0.2) is 22.8 Å². The smallest absolute Gasteiger partial charge is 0.264 e. The lowest BCUT2D eigenvalue weighted by atomic mass is 10.1. The Kier molecular flexibility index (Phi) is 6.44. The average Bonchev–Trinajstić information content (AvgIpc) is 3.01. The standard InChI is InChI=1S/C23H24N2O3S/c1-5-7-17-11-16(12-19(21(17)26)28-6-2)13-20-22(27)25-23(29-20)24-18-9-8-14(3)10-15(18)4/h5,8-13,26H,1,6-7H2,2-4H3,(H,24,25,27). The van der Waals surface area contributed by atoms with E-state index in [0.29, 0.717) is 34.4 Å². The van der Waals surface area contributed by atoms with Crippen molar-refractivity contribution in [3.63, 3.8) is 0 Å². The Bertz CT molecular complexity index is 1030. The summed E-state index contributed by atoms with van der Waals surface area (Å²) in [6.07, 6.45) is 3.99. The Morgan fingerprint density at radius 1 is 1.28 bits per heavy atom. The van der Waals surface area contributed by atoms with Crippen molar-refractivity contribution in [3.8, 4) is 11.5 Å². The first-order valence-electron chi connectivity index (χ1n) is 9.37. The van der Waals surface area contributed by atoms with Gasteiger partial charge in [0.2, 0.25) is 0 Å². The number of nitrogens with zero attached hydrogens (tertiary/aromatic N) is 1. The topological polar surface area (TPSA) is 70.9 Å². The molecule has 150 valence electrons. The Hall–Kier alpha value is -2.99. The van der Waals surface area contributed by atoms with Crippen molar-refractivity contribution >= 4 is 34.6 Å². The number of thioether (sulfide) groups is 1. The van der Waals surface area contributed by atoms with Crippen LogP contribution in [0.3, 0.4) is 0 Å². The molecular weight excluding hydrogens is 384 g/mol. The van der Waals surface area contributed by atoms with Gasteiger partial charge in [0.05, 0.1) is 17.2 Å². The fourth-order valence-corrected chi connectivity index (χ4v) is 3.86. The highest BCUT2D eigenvalue weighted by molar-refractivity contribution is 8.18. The molecule has 5 nitrogen and oxygen atoms in total. The number of aliphatic imine (C=N–C) groups is 1. The molecule has 0 saturated carbocycles. The second-order valence-electron chi connectivity index (χ2n) is 6.72. The van der Waals surface area contributed by atoms with E-state index in [9.17, 15) is 9.90 Å². The molecule has 0 bridgehead atoms. The van der Waals surface area contributed by atoms with Gasteiger partial charge in [0.15, 0.2) is 16.7 Å². The summed E-state index contributed by atoms with van der Waals surface area (Å²) in [5.41, 5.74) is 4.52. The summed E-state index contributed by atoms with van der Waals surface area (Å²) in [6, 6.07) is 9.56. The van der Waals surface area contributed by atoms with Gasteiger partial charge < -0.3 is 15.2 Å². The fraction of sp³-hybridized carbons (Fsp3) is 0.217. The van der Waals surface area contributed by atoms with Crippen LogP contribution in [0.25, 0.3) is 6.08 Å². The SMILES string of the molecule is C=CCc1cc(C=C2SC(=Nc3ccc(C)cc3C)NC2=O)cc(OCC)c1O. The van der Waals surface area contributed by atoms with Crippen LogP contribution in [0, 0.1) is 13.8 Å². The maximum absolute atomic E-state index is 12.4. The molecule has 29 heavy (non-hydrogen) atoms. The lowest BCUT2D eigenvalue weighted by Gasteiger charge is -2.11. The van der Waals surface area contributed by atoms with Crippen LogP contribution in [0.1, 0.15) is 29.2 Å². The highest BCUT2D eigenvalue weighted by Crippen LogP contribution is 2.35. The molecule has 0 radical (unpaired) electrons. The molecule has 1 aliphatic heterocycles. The monoisotopic (exact) mass is 408 g/mol. The van der Waals surface area contributed by atoms with Gasteiger partial charge in [0.1, 0.15) is 0 Å². The van der Waals surface area contributed by atoms with Gasteiger partial charge in [0.25, 0.3) is 5.91 Å². The predicted octanol–water partition coefficient (Wildman–Crippen LogP) is 5.03. The third kappa shape index (κ3) is 4.90. The zero-order valence-corrected chi connectivity index (χ0v) is 17.6. The number of amides is 1. The third-order valence-corrected chi connectivity index (χ3v) is 5.27. The zero-order chi connectivity index (χ0) is 21.0.